The summed E-state index contributed by atoms with van der Waals surface area (Å²) in [5.41, 5.74) is 7.37. The molecule has 0 aromatic carbocycles. The topological polar surface area (TPSA) is 62.2 Å². The first-order valence-electron chi connectivity index (χ1n) is 5.56. The molecular weight excluding hydrogens is 186 g/mol. The van der Waals surface area contributed by atoms with Gasteiger partial charge in [0.1, 0.15) is 5.84 Å². The van der Waals surface area contributed by atoms with Gasteiger partial charge in [-0.25, -0.2) is 0 Å². The zero-order chi connectivity index (χ0) is 11.6. The first kappa shape index (κ1) is 12.0. The first-order chi connectivity index (χ1) is 6.93. The van der Waals surface area contributed by atoms with Crippen LogP contribution in [-0.2, 0) is 0 Å². The number of aliphatic imine (C=N–C) groups is 1. The van der Waals surface area contributed by atoms with Crippen LogP contribution in [0.4, 0.5) is 0 Å². The number of nitrogens with one attached hydrogen (secondary N) is 1. The van der Waals surface area contributed by atoms with E-state index in [9.17, 15) is 0 Å². The van der Waals surface area contributed by atoms with E-state index >= 15 is 0 Å². The van der Waals surface area contributed by atoms with E-state index in [1.54, 1.807) is 0 Å². The quantitative estimate of drug-likeness (QED) is 0.530. The van der Waals surface area contributed by atoms with Crippen LogP contribution < -0.4 is 5.73 Å². The van der Waals surface area contributed by atoms with Crippen molar-refractivity contribution in [1.82, 2.24) is 0 Å². The standard InChI is InChI=1S/C12H21N3/c1-7(2)15-12(14)10-6-5-8(3)9(4)11(10)13/h6-9,13H,5H2,1-4H3,(H2,14,15). The lowest BCUT2D eigenvalue weighted by Crippen LogP contribution is -2.31. The minimum Gasteiger partial charge on any atom is -0.383 e. The zero-order valence-electron chi connectivity index (χ0n) is 10.0. The Balaban J connectivity index is 2.92. The van der Waals surface area contributed by atoms with Gasteiger partial charge in [0.25, 0.3) is 0 Å². The molecule has 3 N–H and O–H groups in total. The van der Waals surface area contributed by atoms with Gasteiger partial charge in [0.2, 0.25) is 0 Å². The molecule has 3 nitrogen and oxygen atoms in total. The van der Waals surface area contributed by atoms with E-state index < -0.39 is 0 Å². The van der Waals surface area contributed by atoms with E-state index in [2.05, 4.69) is 18.8 Å². The summed E-state index contributed by atoms with van der Waals surface area (Å²) in [5.74, 6) is 1.34. The third-order valence-corrected chi connectivity index (χ3v) is 2.97. The van der Waals surface area contributed by atoms with Crippen LogP contribution in [0.5, 0.6) is 0 Å². The Hall–Kier alpha value is -1.12. The van der Waals surface area contributed by atoms with Gasteiger partial charge in [-0.1, -0.05) is 19.9 Å². The lowest BCUT2D eigenvalue weighted by Gasteiger charge is -2.26. The molecule has 2 atom stereocenters. The van der Waals surface area contributed by atoms with Crippen molar-refractivity contribution >= 4 is 11.5 Å². The van der Waals surface area contributed by atoms with Crippen LogP contribution in [0, 0.1) is 17.2 Å². The number of nitrogens with two attached hydrogens (primary N) is 1. The Bertz CT molecular complexity index is 313. The second-order valence-electron chi connectivity index (χ2n) is 4.64. The number of allylic oxidation sites excluding steroid dienone is 1. The average Bonchev–Trinajstić information content (AvgIpc) is 2.13. The van der Waals surface area contributed by atoms with Gasteiger partial charge in [-0.3, -0.25) is 4.99 Å². The second kappa shape index (κ2) is 4.60. The van der Waals surface area contributed by atoms with Gasteiger partial charge in [-0.2, -0.15) is 0 Å². The summed E-state index contributed by atoms with van der Waals surface area (Å²) >= 11 is 0. The maximum atomic E-state index is 8.03. The molecule has 15 heavy (non-hydrogen) atoms. The highest BCUT2D eigenvalue weighted by Crippen LogP contribution is 2.26. The Morgan fingerprint density at radius 1 is 1.53 bits per heavy atom. The Morgan fingerprint density at radius 2 is 2.13 bits per heavy atom. The van der Waals surface area contributed by atoms with Crippen LogP contribution >= 0.6 is 0 Å². The van der Waals surface area contributed by atoms with E-state index in [4.69, 9.17) is 11.1 Å². The van der Waals surface area contributed by atoms with Crippen LogP contribution in [0.15, 0.2) is 16.6 Å². The molecule has 0 aromatic rings. The van der Waals surface area contributed by atoms with Gasteiger partial charge in [-0.15, -0.1) is 0 Å². The van der Waals surface area contributed by atoms with Gasteiger partial charge in [-0.05, 0) is 26.2 Å². The fourth-order valence-corrected chi connectivity index (χ4v) is 1.74. The molecule has 2 unspecified atom stereocenters. The molecule has 0 bridgehead atoms. The molecule has 0 spiro atoms. The van der Waals surface area contributed by atoms with Crippen molar-refractivity contribution in [3.05, 3.63) is 11.6 Å². The third kappa shape index (κ3) is 2.67. The molecule has 0 heterocycles. The molecule has 0 saturated heterocycles. The van der Waals surface area contributed by atoms with Gasteiger partial charge in [0.15, 0.2) is 0 Å². The third-order valence-electron chi connectivity index (χ3n) is 2.97. The second-order valence-corrected chi connectivity index (χ2v) is 4.64. The number of hydrogen-bond donors (Lipinski definition) is 2. The zero-order valence-corrected chi connectivity index (χ0v) is 10.0. The van der Waals surface area contributed by atoms with Crippen molar-refractivity contribution in [3.63, 3.8) is 0 Å². The normalized spacial score (nSPS) is 28.2. The van der Waals surface area contributed by atoms with Gasteiger partial charge in [0, 0.05) is 23.2 Å². The fraction of sp³-hybridized carbons (Fsp3) is 0.667. The Morgan fingerprint density at radius 3 is 2.67 bits per heavy atom. The molecule has 0 fully saturated rings. The SMILES string of the molecule is CC(C)N=C(N)C1=CCC(C)C(C)C1=N. The van der Waals surface area contributed by atoms with E-state index in [0.717, 1.165) is 12.0 Å². The number of rotatable bonds is 2. The molecule has 0 amide bonds. The molecule has 1 aliphatic carbocycles. The monoisotopic (exact) mass is 207 g/mol. The Labute approximate surface area is 92.0 Å². The largest absolute Gasteiger partial charge is 0.383 e. The molecule has 0 aliphatic heterocycles. The van der Waals surface area contributed by atoms with Crippen molar-refractivity contribution in [3.8, 4) is 0 Å². The Kier molecular flexibility index (Phi) is 3.66. The summed E-state index contributed by atoms with van der Waals surface area (Å²) in [5, 5.41) is 8.03. The predicted molar refractivity (Wildman–Crippen MR) is 65.5 cm³/mol. The van der Waals surface area contributed by atoms with E-state index in [-0.39, 0.29) is 12.0 Å². The van der Waals surface area contributed by atoms with Crippen molar-refractivity contribution in [2.45, 2.75) is 40.2 Å². The van der Waals surface area contributed by atoms with E-state index in [0.29, 0.717) is 17.5 Å². The van der Waals surface area contributed by atoms with Crippen LogP contribution in [0.2, 0.25) is 0 Å². The summed E-state index contributed by atoms with van der Waals surface area (Å²) in [7, 11) is 0. The first-order valence-corrected chi connectivity index (χ1v) is 5.56. The summed E-state index contributed by atoms with van der Waals surface area (Å²) in [6.45, 7) is 8.24. The van der Waals surface area contributed by atoms with Gasteiger partial charge in [0.05, 0.1) is 0 Å². The van der Waals surface area contributed by atoms with Crippen molar-refractivity contribution in [1.29, 1.82) is 5.41 Å². The van der Waals surface area contributed by atoms with E-state index in [1.165, 1.54) is 0 Å². The lowest BCUT2D eigenvalue weighted by molar-refractivity contribution is 0.480. The number of hydrogen-bond acceptors (Lipinski definition) is 2. The molecule has 0 radical (unpaired) electrons. The van der Waals surface area contributed by atoms with Crippen molar-refractivity contribution in [2.75, 3.05) is 0 Å². The van der Waals surface area contributed by atoms with Crippen LogP contribution in [0.3, 0.4) is 0 Å². The van der Waals surface area contributed by atoms with Crippen LogP contribution in [-0.4, -0.2) is 17.6 Å². The highest BCUT2D eigenvalue weighted by molar-refractivity contribution is 6.23. The van der Waals surface area contributed by atoms with Crippen LogP contribution in [0.1, 0.15) is 34.1 Å². The summed E-state index contributed by atoms with van der Waals surface area (Å²) < 4.78 is 0. The molecular formula is C12H21N3. The molecule has 0 aromatic heterocycles. The smallest absolute Gasteiger partial charge is 0.127 e. The lowest BCUT2D eigenvalue weighted by atomic mass is 9.80. The maximum absolute atomic E-state index is 8.03. The molecule has 84 valence electrons. The average molecular weight is 207 g/mol. The van der Waals surface area contributed by atoms with Gasteiger partial charge >= 0.3 is 0 Å². The maximum Gasteiger partial charge on any atom is 0.127 e. The van der Waals surface area contributed by atoms with Crippen LogP contribution in [0.25, 0.3) is 0 Å². The summed E-state index contributed by atoms with van der Waals surface area (Å²) in [6.07, 6.45) is 3.04. The molecule has 1 rings (SSSR count). The highest BCUT2D eigenvalue weighted by Gasteiger charge is 2.25. The van der Waals surface area contributed by atoms with E-state index in [1.807, 2.05) is 19.9 Å². The van der Waals surface area contributed by atoms with Crippen molar-refractivity contribution in [2.24, 2.45) is 22.6 Å². The number of amidine groups is 1. The van der Waals surface area contributed by atoms with Crippen molar-refractivity contribution < 1.29 is 0 Å². The minimum atomic E-state index is 0.188. The summed E-state index contributed by atoms with van der Waals surface area (Å²) in [4.78, 5) is 4.30. The molecule has 0 saturated carbocycles. The summed E-state index contributed by atoms with van der Waals surface area (Å²) in [6, 6.07) is 0.188. The molecule has 1 aliphatic rings. The minimum absolute atomic E-state index is 0.188. The molecule has 3 heteroatoms. The predicted octanol–water partition coefficient (Wildman–Crippen LogP) is 2.37. The fourth-order valence-electron chi connectivity index (χ4n) is 1.74. The van der Waals surface area contributed by atoms with Gasteiger partial charge < -0.3 is 11.1 Å². The highest BCUT2D eigenvalue weighted by atomic mass is 14.9. The number of nitrogens with zero attached hydrogens (tertiary/aromatic N) is 1.